The molecule has 0 aromatic heterocycles. The zero-order valence-electron chi connectivity index (χ0n) is 24.0. The number of carbonyl (C=O) groups is 2. The first-order chi connectivity index (χ1) is 21.8. The molecule has 252 valence electrons. The Morgan fingerprint density at radius 3 is 2.09 bits per heavy atom. The number of carboxylic acids is 2. The van der Waals surface area contributed by atoms with Crippen LogP contribution in [0.15, 0.2) is 65.6 Å². The number of aryl methyl sites for hydroxylation is 1. The summed E-state index contributed by atoms with van der Waals surface area (Å²) in [6.07, 6.45) is -13.2. The molecule has 1 heterocycles. The SMILES string of the molecule is O=C(O)c1ccc(CN2CC[C@]3(S(=O)(=O)c4ccc(F)cc4)c4ccc(C(F)(C(F)(F)F)C(F)(F)F)cc4CCC[C@H]23)c(C(=O)O)c1. The molecule has 2 N–H and O–H groups in total. The lowest BCUT2D eigenvalue weighted by Gasteiger charge is -2.38. The molecule has 0 amide bonds. The highest BCUT2D eigenvalue weighted by Crippen LogP contribution is 2.56. The topological polar surface area (TPSA) is 112 Å². The number of benzene rings is 3. The summed E-state index contributed by atoms with van der Waals surface area (Å²) in [5, 5.41) is 19.1. The van der Waals surface area contributed by atoms with Crippen LogP contribution in [0.1, 0.15) is 62.2 Å². The summed E-state index contributed by atoms with van der Waals surface area (Å²) >= 11 is 0. The molecule has 2 atom stereocenters. The number of rotatable bonds is 7. The van der Waals surface area contributed by atoms with Gasteiger partial charge in [-0.3, -0.25) is 4.90 Å². The zero-order chi connectivity index (χ0) is 34.7. The van der Waals surface area contributed by atoms with Gasteiger partial charge in [-0.15, -0.1) is 0 Å². The number of sulfone groups is 1. The van der Waals surface area contributed by atoms with E-state index in [2.05, 4.69) is 0 Å². The Morgan fingerprint density at radius 2 is 1.51 bits per heavy atom. The first-order valence-corrected chi connectivity index (χ1v) is 15.5. The maximum atomic E-state index is 15.1. The fourth-order valence-corrected chi connectivity index (χ4v) is 9.18. The number of hydrogen-bond acceptors (Lipinski definition) is 5. The zero-order valence-corrected chi connectivity index (χ0v) is 24.8. The standard InChI is InChI=1S/C31H25F8NO6S/c32-21-7-9-22(10-8-21)47(45,46)28-12-13-40(16-19-5-4-18(26(41)42)15-23(19)27(43)44)25(28)3-1-2-17-14-20(6-11-24(17)28)29(33,30(34,35)36)31(37,38)39/h4-11,14-15,25H,1-3,12-13,16H2,(H,41,42)(H,43,44)/t25-,28-/m0/s1. The normalized spacial score (nSPS) is 20.7. The fraction of sp³-hybridized carbons (Fsp3) is 0.355. The second kappa shape index (κ2) is 11.6. The van der Waals surface area contributed by atoms with Crippen LogP contribution in [0, 0.1) is 5.82 Å². The van der Waals surface area contributed by atoms with Gasteiger partial charge < -0.3 is 10.2 Å². The molecule has 1 saturated heterocycles. The first-order valence-electron chi connectivity index (χ1n) is 14.1. The van der Waals surface area contributed by atoms with Crippen molar-refractivity contribution in [1.82, 2.24) is 4.90 Å². The van der Waals surface area contributed by atoms with Gasteiger partial charge in [0.15, 0.2) is 9.84 Å². The molecule has 3 aromatic rings. The lowest BCUT2D eigenvalue weighted by atomic mass is 9.84. The quantitative estimate of drug-likeness (QED) is 0.207. The second-order valence-electron chi connectivity index (χ2n) is 11.5. The molecule has 5 rings (SSSR count). The lowest BCUT2D eigenvalue weighted by Crippen LogP contribution is -2.50. The third-order valence-electron chi connectivity index (χ3n) is 8.98. The molecule has 16 heteroatoms. The molecule has 47 heavy (non-hydrogen) atoms. The third-order valence-corrected chi connectivity index (χ3v) is 11.5. The smallest absolute Gasteiger partial charge is 0.435 e. The van der Waals surface area contributed by atoms with Gasteiger partial charge in [0.1, 0.15) is 10.6 Å². The number of fused-ring (bicyclic) bond motifs is 3. The first kappa shape index (κ1) is 34.3. The molecule has 1 aliphatic heterocycles. The molecule has 3 aromatic carbocycles. The molecule has 0 spiro atoms. The van der Waals surface area contributed by atoms with Crippen molar-refractivity contribution in [3.63, 3.8) is 0 Å². The van der Waals surface area contributed by atoms with E-state index in [1.807, 2.05) is 0 Å². The molecule has 7 nitrogen and oxygen atoms in total. The summed E-state index contributed by atoms with van der Waals surface area (Å²) in [4.78, 5) is 24.7. The minimum atomic E-state index is -6.40. The predicted octanol–water partition coefficient (Wildman–Crippen LogP) is 6.79. The monoisotopic (exact) mass is 691 g/mol. The summed E-state index contributed by atoms with van der Waals surface area (Å²) in [6, 6.07) is 7.47. The molecule has 0 saturated carbocycles. The van der Waals surface area contributed by atoms with Gasteiger partial charge in [-0.2, -0.15) is 26.3 Å². The van der Waals surface area contributed by atoms with Crippen LogP contribution in [-0.2, 0) is 33.2 Å². The number of carboxylic acid groups (broad SMARTS) is 2. The fourth-order valence-electron chi connectivity index (χ4n) is 6.80. The Balaban J connectivity index is 1.70. The summed E-state index contributed by atoms with van der Waals surface area (Å²) in [5.74, 6) is -3.63. The van der Waals surface area contributed by atoms with Crippen LogP contribution in [-0.4, -0.2) is 60.4 Å². The summed E-state index contributed by atoms with van der Waals surface area (Å²) < 4.78 is 138. The average Bonchev–Trinajstić information content (AvgIpc) is 3.25. The van der Waals surface area contributed by atoms with Gasteiger partial charge in [0, 0.05) is 24.7 Å². The number of alkyl halides is 7. The van der Waals surface area contributed by atoms with E-state index in [1.54, 1.807) is 4.90 Å². The Hall–Kier alpha value is -4.05. The van der Waals surface area contributed by atoms with Gasteiger partial charge >= 0.3 is 30.0 Å². The lowest BCUT2D eigenvalue weighted by molar-refractivity contribution is -0.348. The Kier molecular flexibility index (Phi) is 8.45. The van der Waals surface area contributed by atoms with Gasteiger partial charge in [0.05, 0.1) is 16.0 Å². The van der Waals surface area contributed by atoms with E-state index in [1.165, 1.54) is 6.07 Å². The molecular formula is C31H25F8NO6S. The van der Waals surface area contributed by atoms with Gasteiger partial charge in [-0.1, -0.05) is 24.3 Å². The highest BCUT2D eigenvalue weighted by molar-refractivity contribution is 7.92. The maximum Gasteiger partial charge on any atom is 0.435 e. The van der Waals surface area contributed by atoms with E-state index in [9.17, 15) is 59.0 Å². The maximum absolute atomic E-state index is 15.1. The van der Waals surface area contributed by atoms with Crippen LogP contribution in [0.4, 0.5) is 35.1 Å². The van der Waals surface area contributed by atoms with Gasteiger partial charge in [-0.05, 0) is 78.8 Å². The second-order valence-corrected chi connectivity index (χ2v) is 13.7. The summed E-state index contributed by atoms with van der Waals surface area (Å²) in [5.41, 5.74) is -8.48. The van der Waals surface area contributed by atoms with E-state index >= 15 is 4.39 Å². The number of nitrogens with zero attached hydrogens (tertiary/aromatic N) is 1. The molecule has 0 bridgehead atoms. The Bertz CT molecular complexity index is 1830. The number of aromatic carboxylic acids is 2. The van der Waals surface area contributed by atoms with E-state index in [0.717, 1.165) is 42.5 Å². The average molecular weight is 692 g/mol. The summed E-state index contributed by atoms with van der Waals surface area (Å²) in [7, 11) is -4.63. The number of likely N-dealkylation sites (tertiary alicyclic amines) is 1. The van der Waals surface area contributed by atoms with Crippen molar-refractivity contribution in [1.29, 1.82) is 0 Å². The van der Waals surface area contributed by atoms with Crippen LogP contribution in [0.3, 0.4) is 0 Å². The van der Waals surface area contributed by atoms with Crippen molar-refractivity contribution in [3.05, 3.63) is 99.9 Å². The number of halogens is 8. The van der Waals surface area contributed by atoms with Crippen molar-refractivity contribution in [2.75, 3.05) is 6.54 Å². The molecule has 2 aliphatic rings. The van der Waals surface area contributed by atoms with Gasteiger partial charge in [0.2, 0.25) is 0 Å². The van der Waals surface area contributed by atoms with Crippen molar-refractivity contribution >= 4 is 21.8 Å². The van der Waals surface area contributed by atoms with Crippen molar-refractivity contribution in [2.24, 2.45) is 0 Å². The van der Waals surface area contributed by atoms with Crippen LogP contribution in [0.25, 0.3) is 0 Å². The van der Waals surface area contributed by atoms with Gasteiger partial charge in [-0.25, -0.2) is 26.8 Å². The van der Waals surface area contributed by atoms with Crippen LogP contribution in [0.2, 0.25) is 0 Å². The Morgan fingerprint density at radius 1 is 0.872 bits per heavy atom. The molecule has 0 radical (unpaired) electrons. The largest absolute Gasteiger partial charge is 0.478 e. The molecule has 1 aliphatic carbocycles. The highest BCUT2D eigenvalue weighted by Gasteiger charge is 2.73. The third kappa shape index (κ3) is 5.44. The van der Waals surface area contributed by atoms with Crippen LogP contribution >= 0.6 is 0 Å². The van der Waals surface area contributed by atoms with E-state index in [4.69, 9.17) is 0 Å². The molecule has 1 fully saturated rings. The van der Waals surface area contributed by atoms with Crippen LogP contribution < -0.4 is 0 Å². The molecular weight excluding hydrogens is 666 g/mol. The van der Waals surface area contributed by atoms with E-state index < -0.39 is 62.0 Å². The van der Waals surface area contributed by atoms with Crippen LogP contribution in [0.5, 0.6) is 0 Å². The van der Waals surface area contributed by atoms with Crippen molar-refractivity contribution in [2.45, 2.75) is 65.9 Å². The van der Waals surface area contributed by atoms with Crippen molar-refractivity contribution in [3.8, 4) is 0 Å². The minimum absolute atomic E-state index is 0.0133. The Labute approximate surface area is 262 Å². The number of hydrogen-bond donors (Lipinski definition) is 2. The minimum Gasteiger partial charge on any atom is -0.478 e. The predicted molar refractivity (Wildman–Crippen MR) is 149 cm³/mol. The van der Waals surface area contributed by atoms with E-state index in [0.29, 0.717) is 6.07 Å². The highest BCUT2D eigenvalue weighted by atomic mass is 32.2. The molecule has 0 unspecified atom stereocenters. The summed E-state index contributed by atoms with van der Waals surface area (Å²) in [6.45, 7) is -0.264. The van der Waals surface area contributed by atoms with Crippen molar-refractivity contribution < 1.29 is 63.3 Å². The van der Waals surface area contributed by atoms with E-state index in [-0.39, 0.29) is 77.6 Å². The van der Waals surface area contributed by atoms with Gasteiger partial charge in [0.25, 0.3) is 0 Å².